The van der Waals surface area contributed by atoms with Crippen LogP contribution in [-0.4, -0.2) is 21.6 Å². The van der Waals surface area contributed by atoms with Gasteiger partial charge in [-0.2, -0.15) is 0 Å². The molecule has 0 unspecified atom stereocenters. The molecule has 88 valence electrons. The molecule has 1 heterocycles. The molecule has 0 fully saturated rings. The van der Waals surface area contributed by atoms with E-state index < -0.39 is 6.10 Å². The first-order valence-electron chi connectivity index (χ1n) is 5.21. The molecule has 0 saturated carbocycles. The van der Waals surface area contributed by atoms with Crippen molar-refractivity contribution in [3.63, 3.8) is 0 Å². The highest BCUT2D eigenvalue weighted by Gasteiger charge is 2.06. The number of hydrogen-bond acceptors (Lipinski definition) is 4. The number of nitrogens with zero attached hydrogens (tertiary/aromatic N) is 2. The third kappa shape index (κ3) is 3.41. The van der Waals surface area contributed by atoms with Crippen molar-refractivity contribution in [2.24, 2.45) is 0 Å². The monoisotopic (exact) mass is 249 g/mol. The van der Waals surface area contributed by atoms with E-state index in [4.69, 9.17) is 11.6 Å². The second-order valence-corrected chi connectivity index (χ2v) is 3.86. The Labute approximate surface area is 104 Å². The van der Waals surface area contributed by atoms with E-state index in [-0.39, 0.29) is 5.28 Å². The van der Waals surface area contributed by atoms with Crippen molar-refractivity contribution < 1.29 is 5.11 Å². The SMILES string of the molecule is O[C@@H](CNc1ccnc(Cl)n1)c1ccccc1. The predicted octanol–water partition coefficient (Wildman–Crippen LogP) is 2.28. The molecular formula is C12H12ClN3O. The number of benzene rings is 1. The Hall–Kier alpha value is -1.65. The third-order valence-corrected chi connectivity index (χ3v) is 2.47. The Bertz CT molecular complexity index is 478. The first-order chi connectivity index (χ1) is 8.25. The number of hydrogen-bond donors (Lipinski definition) is 2. The van der Waals surface area contributed by atoms with E-state index in [1.54, 1.807) is 12.3 Å². The Morgan fingerprint density at radius 3 is 2.71 bits per heavy atom. The molecular weight excluding hydrogens is 238 g/mol. The van der Waals surface area contributed by atoms with Gasteiger partial charge in [0.15, 0.2) is 0 Å². The van der Waals surface area contributed by atoms with Crippen LogP contribution in [0.3, 0.4) is 0 Å². The highest BCUT2D eigenvalue weighted by Crippen LogP contribution is 2.13. The Kier molecular flexibility index (Phi) is 3.90. The second kappa shape index (κ2) is 5.61. The van der Waals surface area contributed by atoms with E-state index in [1.165, 1.54) is 0 Å². The van der Waals surface area contributed by atoms with Gasteiger partial charge in [0.2, 0.25) is 5.28 Å². The fourth-order valence-corrected chi connectivity index (χ4v) is 1.58. The molecule has 2 rings (SSSR count). The quantitative estimate of drug-likeness (QED) is 0.817. The van der Waals surface area contributed by atoms with E-state index in [9.17, 15) is 5.11 Å². The molecule has 4 nitrogen and oxygen atoms in total. The van der Waals surface area contributed by atoms with Crippen LogP contribution >= 0.6 is 11.6 Å². The zero-order valence-corrected chi connectivity index (χ0v) is 9.80. The molecule has 0 bridgehead atoms. The third-order valence-electron chi connectivity index (χ3n) is 2.29. The lowest BCUT2D eigenvalue weighted by Gasteiger charge is -2.12. The maximum atomic E-state index is 9.91. The molecule has 0 spiro atoms. The van der Waals surface area contributed by atoms with Crippen molar-refractivity contribution in [3.05, 3.63) is 53.4 Å². The number of anilines is 1. The summed E-state index contributed by atoms with van der Waals surface area (Å²) in [6.45, 7) is 0.372. The van der Waals surface area contributed by atoms with Crippen LogP contribution in [0.1, 0.15) is 11.7 Å². The topological polar surface area (TPSA) is 58.0 Å². The summed E-state index contributed by atoms with van der Waals surface area (Å²) in [7, 11) is 0. The molecule has 2 N–H and O–H groups in total. The van der Waals surface area contributed by atoms with Gasteiger partial charge in [0.05, 0.1) is 6.10 Å². The van der Waals surface area contributed by atoms with E-state index in [0.29, 0.717) is 12.4 Å². The minimum absolute atomic E-state index is 0.184. The average Bonchev–Trinajstić information content (AvgIpc) is 2.37. The summed E-state index contributed by atoms with van der Waals surface area (Å²) >= 11 is 5.65. The van der Waals surface area contributed by atoms with Gasteiger partial charge in [-0.15, -0.1) is 0 Å². The van der Waals surface area contributed by atoms with Gasteiger partial charge in [0, 0.05) is 12.7 Å². The van der Waals surface area contributed by atoms with Crippen LogP contribution in [0.4, 0.5) is 5.82 Å². The van der Waals surface area contributed by atoms with Gasteiger partial charge in [-0.05, 0) is 23.2 Å². The van der Waals surface area contributed by atoms with Gasteiger partial charge in [0.1, 0.15) is 5.82 Å². The van der Waals surface area contributed by atoms with Gasteiger partial charge in [-0.3, -0.25) is 0 Å². The smallest absolute Gasteiger partial charge is 0.224 e. The molecule has 1 aromatic heterocycles. The molecule has 2 aromatic rings. The van der Waals surface area contributed by atoms with Gasteiger partial charge in [0.25, 0.3) is 0 Å². The number of rotatable bonds is 4. The number of nitrogens with one attached hydrogen (secondary N) is 1. The minimum Gasteiger partial charge on any atom is -0.387 e. The summed E-state index contributed by atoms with van der Waals surface area (Å²) in [6, 6.07) is 11.1. The average molecular weight is 250 g/mol. The van der Waals surface area contributed by atoms with Crippen molar-refractivity contribution in [1.82, 2.24) is 9.97 Å². The Balaban J connectivity index is 1.95. The molecule has 1 aromatic carbocycles. The molecule has 0 aliphatic rings. The van der Waals surface area contributed by atoms with Crippen molar-refractivity contribution in [2.75, 3.05) is 11.9 Å². The second-order valence-electron chi connectivity index (χ2n) is 3.52. The number of aromatic nitrogens is 2. The van der Waals surface area contributed by atoms with Crippen molar-refractivity contribution >= 4 is 17.4 Å². The normalized spacial score (nSPS) is 12.1. The lowest BCUT2D eigenvalue weighted by Crippen LogP contribution is -2.12. The van der Waals surface area contributed by atoms with Crippen LogP contribution in [-0.2, 0) is 0 Å². The Morgan fingerprint density at radius 1 is 1.24 bits per heavy atom. The maximum Gasteiger partial charge on any atom is 0.224 e. The number of aliphatic hydroxyl groups is 1. The zero-order valence-electron chi connectivity index (χ0n) is 9.05. The molecule has 0 amide bonds. The van der Waals surface area contributed by atoms with Crippen molar-refractivity contribution in [3.8, 4) is 0 Å². The summed E-state index contributed by atoms with van der Waals surface area (Å²) in [6.07, 6.45) is 0.983. The van der Waals surface area contributed by atoms with Crippen LogP contribution in [0.2, 0.25) is 5.28 Å². The van der Waals surface area contributed by atoms with Crippen LogP contribution < -0.4 is 5.32 Å². The van der Waals surface area contributed by atoms with Crippen molar-refractivity contribution in [1.29, 1.82) is 0 Å². The summed E-state index contributed by atoms with van der Waals surface area (Å²) in [5, 5.41) is 13.1. The molecule has 0 aliphatic carbocycles. The molecule has 1 atom stereocenters. The standard InChI is InChI=1S/C12H12ClN3O/c13-12-14-7-6-11(16-12)15-8-10(17)9-4-2-1-3-5-9/h1-7,10,17H,8H2,(H,14,15,16)/t10-/m0/s1. The molecule has 5 heteroatoms. The summed E-state index contributed by atoms with van der Waals surface area (Å²) in [4.78, 5) is 7.75. The van der Waals surface area contributed by atoms with Gasteiger partial charge in [-0.1, -0.05) is 30.3 Å². The lowest BCUT2D eigenvalue weighted by molar-refractivity contribution is 0.191. The zero-order chi connectivity index (χ0) is 12.1. The van der Waals surface area contributed by atoms with Gasteiger partial charge in [-0.25, -0.2) is 9.97 Å². The first kappa shape index (κ1) is 11.8. The summed E-state index contributed by atoms with van der Waals surface area (Å²) in [5.41, 5.74) is 0.861. The van der Waals surface area contributed by atoms with Crippen LogP contribution in [0.25, 0.3) is 0 Å². The van der Waals surface area contributed by atoms with E-state index >= 15 is 0 Å². The predicted molar refractivity (Wildman–Crippen MR) is 66.9 cm³/mol. The maximum absolute atomic E-state index is 9.91. The Morgan fingerprint density at radius 2 is 2.00 bits per heavy atom. The van der Waals surface area contributed by atoms with E-state index in [0.717, 1.165) is 5.56 Å². The molecule has 0 saturated heterocycles. The molecule has 0 radical (unpaired) electrons. The highest BCUT2D eigenvalue weighted by molar-refractivity contribution is 6.28. The largest absolute Gasteiger partial charge is 0.387 e. The molecule has 17 heavy (non-hydrogen) atoms. The van der Waals surface area contributed by atoms with E-state index in [1.807, 2.05) is 30.3 Å². The molecule has 0 aliphatic heterocycles. The lowest BCUT2D eigenvalue weighted by atomic mass is 10.1. The number of halogens is 1. The van der Waals surface area contributed by atoms with Gasteiger partial charge < -0.3 is 10.4 Å². The number of aliphatic hydroxyl groups excluding tert-OH is 1. The first-order valence-corrected chi connectivity index (χ1v) is 5.59. The van der Waals surface area contributed by atoms with Crippen LogP contribution in [0.5, 0.6) is 0 Å². The summed E-state index contributed by atoms with van der Waals surface area (Å²) in [5.74, 6) is 0.597. The van der Waals surface area contributed by atoms with Crippen molar-refractivity contribution in [2.45, 2.75) is 6.10 Å². The van der Waals surface area contributed by atoms with Crippen LogP contribution in [0, 0.1) is 0 Å². The van der Waals surface area contributed by atoms with E-state index in [2.05, 4.69) is 15.3 Å². The highest BCUT2D eigenvalue weighted by atomic mass is 35.5. The minimum atomic E-state index is -0.579. The fourth-order valence-electron chi connectivity index (χ4n) is 1.43. The fraction of sp³-hybridized carbons (Fsp3) is 0.167. The van der Waals surface area contributed by atoms with Gasteiger partial charge >= 0.3 is 0 Å². The summed E-state index contributed by atoms with van der Waals surface area (Å²) < 4.78 is 0. The van der Waals surface area contributed by atoms with Crippen LogP contribution in [0.15, 0.2) is 42.6 Å².